The Labute approximate surface area is 134 Å². The van der Waals surface area contributed by atoms with E-state index in [2.05, 4.69) is 4.18 Å². The third-order valence-corrected chi connectivity index (χ3v) is 3.39. The highest BCUT2D eigenvalue weighted by atomic mass is 32.3. The molecule has 0 spiro atoms. The van der Waals surface area contributed by atoms with E-state index in [-0.39, 0.29) is 16.7 Å². The average molecular weight is 371 g/mol. The number of hydrogen-bond acceptors (Lipinski definition) is 6. The van der Waals surface area contributed by atoms with Crippen LogP contribution in [0, 0.1) is 10.1 Å². The van der Waals surface area contributed by atoms with Crippen molar-refractivity contribution >= 4 is 27.1 Å². The first kappa shape index (κ1) is 19.8. The van der Waals surface area contributed by atoms with Crippen LogP contribution in [0.5, 0.6) is 0 Å². The van der Waals surface area contributed by atoms with Crippen molar-refractivity contribution < 1.29 is 39.8 Å². The van der Waals surface area contributed by atoms with Gasteiger partial charge >= 0.3 is 12.0 Å². The second-order valence-corrected chi connectivity index (χ2v) is 5.59. The van der Waals surface area contributed by atoms with Crippen LogP contribution in [0.2, 0.25) is 0 Å². The van der Waals surface area contributed by atoms with E-state index in [1.807, 2.05) is 0 Å². The molecule has 0 unspecified atom stereocenters. The van der Waals surface area contributed by atoms with Gasteiger partial charge in [0.2, 0.25) is 10.4 Å². The van der Waals surface area contributed by atoms with E-state index in [9.17, 15) is 36.3 Å². The van der Waals surface area contributed by atoms with Crippen LogP contribution in [-0.4, -0.2) is 29.6 Å². The van der Waals surface area contributed by atoms with E-state index < -0.39 is 27.3 Å². The van der Waals surface area contributed by atoms with Gasteiger partial charge in [0.05, 0.1) is 32.2 Å². The lowest BCUT2D eigenvalue weighted by Gasteiger charge is -2.01. The molecule has 2 rings (SSSR count). The van der Waals surface area contributed by atoms with Gasteiger partial charge in [0.15, 0.2) is 11.0 Å². The van der Waals surface area contributed by atoms with E-state index in [1.165, 1.54) is 26.2 Å². The minimum Gasteiger partial charge on any atom is -0.726 e. The molecule has 2 aromatic rings. The van der Waals surface area contributed by atoms with Gasteiger partial charge in [-0.25, -0.2) is 17.6 Å². The molecule has 1 aromatic heterocycles. The van der Waals surface area contributed by atoms with Gasteiger partial charge in [-0.3, -0.25) is 14.3 Å². The van der Waals surface area contributed by atoms with Crippen LogP contribution < -0.4 is 4.57 Å². The van der Waals surface area contributed by atoms with Crippen LogP contribution in [0.3, 0.4) is 0 Å². The highest BCUT2D eigenvalue weighted by Crippen LogP contribution is 2.30. The van der Waals surface area contributed by atoms with E-state index in [1.54, 1.807) is 0 Å². The first-order valence-corrected chi connectivity index (χ1v) is 7.34. The molecule has 1 aromatic carbocycles. The number of nitro benzene ring substituents is 1. The van der Waals surface area contributed by atoms with Crippen molar-refractivity contribution in [1.82, 2.24) is 4.57 Å². The quantitative estimate of drug-likeness (QED) is 0.256. The molecule has 0 fully saturated rings. The molecular formula is C11H12F3N3O6S. The molecule has 0 aliphatic rings. The fourth-order valence-corrected chi connectivity index (χ4v) is 2.01. The number of hydrogen-bond donors (Lipinski definition) is 0. The second kappa shape index (κ2) is 6.70. The minimum absolute atomic E-state index is 0.166. The number of benzene rings is 1. The fraction of sp³-hybridized carbons (Fsp3) is 0.364. The number of halogens is 3. The van der Waals surface area contributed by atoms with Gasteiger partial charge in [0.25, 0.3) is 5.69 Å². The zero-order valence-electron chi connectivity index (χ0n) is 12.6. The maximum atomic E-state index is 12.8. The Morgan fingerprint density at radius 1 is 1.33 bits per heavy atom. The van der Waals surface area contributed by atoms with Crippen LogP contribution in [0.25, 0.3) is 11.0 Å². The molecule has 13 heteroatoms. The third-order valence-electron chi connectivity index (χ3n) is 2.99. The topological polar surface area (TPSA) is 118 Å². The summed E-state index contributed by atoms with van der Waals surface area (Å²) in [4.78, 5) is 9.97. The van der Waals surface area contributed by atoms with Crippen LogP contribution >= 0.6 is 0 Å². The first-order valence-electron chi connectivity index (χ1n) is 6.01. The van der Waals surface area contributed by atoms with Crippen molar-refractivity contribution in [3.05, 3.63) is 34.1 Å². The number of rotatable bonds is 2. The van der Waals surface area contributed by atoms with Gasteiger partial charge in [-0.15, -0.1) is 0 Å². The maximum Gasteiger partial charge on any atom is 0.495 e. The summed E-state index contributed by atoms with van der Waals surface area (Å²) in [5.74, 6) is -0.863. The molecule has 0 aliphatic heterocycles. The van der Waals surface area contributed by atoms with Gasteiger partial charge < -0.3 is 4.55 Å². The molecule has 0 amide bonds. The smallest absolute Gasteiger partial charge is 0.495 e. The number of nitro groups is 1. The Hall–Kier alpha value is -2.25. The van der Waals surface area contributed by atoms with Crippen molar-refractivity contribution in [1.29, 1.82) is 0 Å². The molecule has 24 heavy (non-hydrogen) atoms. The molecule has 1 heterocycles. The second-order valence-electron chi connectivity index (χ2n) is 4.44. The molecule has 0 bridgehead atoms. The van der Waals surface area contributed by atoms with Crippen molar-refractivity contribution in [2.45, 2.75) is 6.18 Å². The predicted octanol–water partition coefficient (Wildman–Crippen LogP) is 1.02. The van der Waals surface area contributed by atoms with Crippen LogP contribution in [0.15, 0.2) is 18.2 Å². The van der Waals surface area contributed by atoms with Gasteiger partial charge in [-0.1, -0.05) is 0 Å². The molecule has 0 radical (unpaired) electrons. The van der Waals surface area contributed by atoms with Gasteiger partial charge in [-0.05, 0) is 6.07 Å². The predicted molar refractivity (Wildman–Crippen MR) is 72.5 cm³/mol. The molecule has 0 aliphatic carbocycles. The van der Waals surface area contributed by atoms with Crippen molar-refractivity contribution in [3.8, 4) is 0 Å². The van der Waals surface area contributed by atoms with Crippen molar-refractivity contribution in [2.75, 3.05) is 7.11 Å². The van der Waals surface area contributed by atoms with Crippen molar-refractivity contribution in [2.24, 2.45) is 14.1 Å². The molecule has 9 nitrogen and oxygen atoms in total. The summed E-state index contributed by atoms with van der Waals surface area (Å²) in [6, 6.07) is 3.62. The number of non-ortho nitro benzene ring substituents is 1. The average Bonchev–Trinajstić information content (AvgIpc) is 2.70. The van der Waals surface area contributed by atoms with E-state index >= 15 is 0 Å². The Kier molecular flexibility index (Phi) is 5.53. The molecule has 0 saturated heterocycles. The zero-order chi connectivity index (χ0) is 18.9. The monoisotopic (exact) mass is 371 g/mol. The number of aryl methyl sites for hydroxylation is 2. The number of imidazole rings is 1. The van der Waals surface area contributed by atoms with Crippen molar-refractivity contribution in [3.63, 3.8) is 0 Å². The summed E-state index contributed by atoms with van der Waals surface area (Å²) in [6.07, 6.45) is -4.52. The summed E-state index contributed by atoms with van der Waals surface area (Å²) in [7, 11) is -1.10. The Morgan fingerprint density at radius 2 is 1.83 bits per heavy atom. The fourth-order valence-electron chi connectivity index (χ4n) is 2.01. The summed E-state index contributed by atoms with van der Waals surface area (Å²) in [5.41, 5.74) is 0.215. The number of aromatic nitrogens is 2. The largest absolute Gasteiger partial charge is 0.726 e. The maximum absolute atomic E-state index is 12.8. The van der Waals surface area contributed by atoms with E-state index in [0.29, 0.717) is 0 Å². The third kappa shape index (κ3) is 4.39. The Morgan fingerprint density at radius 3 is 2.21 bits per heavy atom. The Bertz CT molecular complexity index is 875. The van der Waals surface area contributed by atoms with E-state index in [4.69, 9.17) is 0 Å². The van der Waals surface area contributed by atoms with Gasteiger partial charge in [0, 0.05) is 6.07 Å². The number of alkyl halides is 3. The first-order chi connectivity index (χ1) is 10.8. The zero-order valence-corrected chi connectivity index (χ0v) is 13.4. The molecule has 134 valence electrons. The van der Waals surface area contributed by atoms with Crippen LogP contribution in [-0.2, 0) is 34.9 Å². The van der Waals surface area contributed by atoms with Gasteiger partial charge in [-0.2, -0.15) is 13.2 Å². The Balaban J connectivity index is 0.000000413. The SMILES string of the molecule is COS(=O)(=O)[O-].Cn1c(C(F)(F)F)[n+](C)c2ccc([N+](=O)[O-])cc21. The highest BCUT2D eigenvalue weighted by molar-refractivity contribution is 7.80. The van der Waals surface area contributed by atoms with E-state index in [0.717, 1.165) is 22.3 Å². The molecular weight excluding hydrogens is 359 g/mol. The molecule has 0 N–H and O–H groups in total. The summed E-state index contributed by atoms with van der Waals surface area (Å²) in [6.45, 7) is 0. The summed E-state index contributed by atoms with van der Waals surface area (Å²) < 4.78 is 71.4. The minimum atomic E-state index is -4.52. The van der Waals surface area contributed by atoms with Crippen LogP contribution in [0.4, 0.5) is 18.9 Å². The summed E-state index contributed by atoms with van der Waals surface area (Å²) in [5, 5.41) is 10.6. The lowest BCUT2D eigenvalue weighted by Crippen LogP contribution is -2.37. The van der Waals surface area contributed by atoms with Crippen LogP contribution in [0.1, 0.15) is 5.82 Å². The normalized spacial score (nSPS) is 12.0. The molecule has 0 atom stereocenters. The lowest BCUT2D eigenvalue weighted by molar-refractivity contribution is -0.667. The molecule has 0 saturated carbocycles. The number of nitrogens with zero attached hydrogens (tertiary/aromatic N) is 3. The lowest BCUT2D eigenvalue weighted by atomic mass is 10.3. The summed E-state index contributed by atoms with van der Waals surface area (Å²) >= 11 is 0. The number of fused-ring (bicyclic) bond motifs is 1. The highest BCUT2D eigenvalue weighted by Gasteiger charge is 2.45. The standard InChI is InChI=1S/C10H9F3N3O2.CH4O4S/c1-14-7-4-3-6(16(17)18)5-8(7)15(2)9(14)10(11,12)13;1-5-6(2,3)4/h3-5H,1-2H3;1H3,(H,2,3,4)/q+1;/p-1. The van der Waals surface area contributed by atoms with Gasteiger partial charge in [0.1, 0.15) is 0 Å².